The highest BCUT2D eigenvalue weighted by molar-refractivity contribution is 6.77. The first-order valence-corrected chi connectivity index (χ1v) is 11.5. The fourth-order valence-corrected chi connectivity index (χ4v) is 5.54. The van der Waals surface area contributed by atoms with Gasteiger partial charge in [0.25, 0.3) is 0 Å². The molecule has 0 bridgehead atoms. The van der Waals surface area contributed by atoms with Crippen molar-refractivity contribution in [3.05, 3.63) is 23.3 Å². The normalized spacial score (nSPS) is 26.9. The molecule has 0 saturated heterocycles. The van der Waals surface area contributed by atoms with E-state index in [2.05, 4.69) is 31.8 Å². The Kier molecular flexibility index (Phi) is 4.88. The van der Waals surface area contributed by atoms with Gasteiger partial charge in [0, 0.05) is 8.07 Å². The average Bonchev–Trinajstić information content (AvgIpc) is 2.70. The Balaban J connectivity index is 1.99. The SMILES string of the molecule is C[Si](C)(C)C1CCC=C(C2=CCCCCC2)CC1. The summed E-state index contributed by atoms with van der Waals surface area (Å²) in [6, 6.07) is 0. The highest BCUT2D eigenvalue weighted by Crippen LogP contribution is 2.38. The highest BCUT2D eigenvalue weighted by Gasteiger charge is 2.27. The van der Waals surface area contributed by atoms with E-state index >= 15 is 0 Å². The van der Waals surface area contributed by atoms with E-state index in [1.54, 1.807) is 11.1 Å². The first-order chi connectivity index (χ1) is 8.57. The Morgan fingerprint density at radius 1 is 0.833 bits per heavy atom. The van der Waals surface area contributed by atoms with Crippen LogP contribution in [-0.4, -0.2) is 8.07 Å². The molecule has 1 atom stereocenters. The number of rotatable bonds is 2. The lowest BCUT2D eigenvalue weighted by Crippen LogP contribution is -2.27. The van der Waals surface area contributed by atoms with Gasteiger partial charge in [-0.2, -0.15) is 0 Å². The Hall–Kier alpha value is -0.303. The quantitative estimate of drug-likeness (QED) is 0.529. The summed E-state index contributed by atoms with van der Waals surface area (Å²) in [5.41, 5.74) is 4.47. The predicted molar refractivity (Wildman–Crippen MR) is 84.8 cm³/mol. The lowest BCUT2D eigenvalue weighted by molar-refractivity contribution is 0.681. The smallest absolute Gasteiger partial charge is 0.0474 e. The van der Waals surface area contributed by atoms with Crippen molar-refractivity contribution in [2.75, 3.05) is 0 Å². The first-order valence-electron chi connectivity index (χ1n) is 7.96. The van der Waals surface area contributed by atoms with Crippen molar-refractivity contribution in [3.63, 3.8) is 0 Å². The van der Waals surface area contributed by atoms with Crippen LogP contribution < -0.4 is 0 Å². The fraction of sp³-hybridized carbons (Fsp3) is 0.765. The maximum absolute atomic E-state index is 2.58. The second-order valence-electron chi connectivity index (χ2n) is 7.24. The van der Waals surface area contributed by atoms with E-state index in [1.807, 2.05) is 0 Å². The highest BCUT2D eigenvalue weighted by atomic mass is 28.3. The van der Waals surface area contributed by atoms with Gasteiger partial charge in [-0.15, -0.1) is 0 Å². The minimum absolute atomic E-state index is 0.930. The summed E-state index contributed by atoms with van der Waals surface area (Å²) in [4.78, 5) is 0. The molecule has 0 aromatic carbocycles. The van der Waals surface area contributed by atoms with Crippen molar-refractivity contribution >= 4 is 8.07 Å². The summed E-state index contributed by atoms with van der Waals surface area (Å²) >= 11 is 0. The Morgan fingerprint density at radius 2 is 1.56 bits per heavy atom. The van der Waals surface area contributed by atoms with Crippen LogP contribution in [0.4, 0.5) is 0 Å². The van der Waals surface area contributed by atoms with Gasteiger partial charge in [-0.3, -0.25) is 0 Å². The predicted octanol–water partition coefficient (Wildman–Crippen LogP) is 6.09. The second-order valence-corrected chi connectivity index (χ2v) is 12.8. The van der Waals surface area contributed by atoms with E-state index in [4.69, 9.17) is 0 Å². The maximum Gasteiger partial charge on any atom is 0.0474 e. The van der Waals surface area contributed by atoms with Crippen molar-refractivity contribution in [1.29, 1.82) is 0 Å². The molecule has 1 unspecified atom stereocenters. The van der Waals surface area contributed by atoms with Gasteiger partial charge < -0.3 is 0 Å². The van der Waals surface area contributed by atoms with Crippen LogP contribution in [0.5, 0.6) is 0 Å². The molecule has 0 heterocycles. The van der Waals surface area contributed by atoms with Crippen LogP contribution in [0.25, 0.3) is 0 Å². The van der Waals surface area contributed by atoms with Crippen molar-refractivity contribution in [2.45, 2.75) is 83.0 Å². The van der Waals surface area contributed by atoms with Crippen LogP contribution in [0.3, 0.4) is 0 Å². The van der Waals surface area contributed by atoms with Crippen molar-refractivity contribution in [1.82, 2.24) is 0 Å². The van der Waals surface area contributed by atoms with Gasteiger partial charge in [0.1, 0.15) is 0 Å². The number of hydrogen-bond donors (Lipinski definition) is 0. The fourth-order valence-electron chi connectivity index (χ4n) is 3.50. The molecule has 2 rings (SSSR count). The molecule has 0 N–H and O–H groups in total. The van der Waals surface area contributed by atoms with E-state index < -0.39 is 8.07 Å². The third kappa shape index (κ3) is 3.84. The molecule has 18 heavy (non-hydrogen) atoms. The topological polar surface area (TPSA) is 0 Å². The average molecular weight is 263 g/mol. The van der Waals surface area contributed by atoms with Crippen molar-refractivity contribution < 1.29 is 0 Å². The zero-order chi connectivity index (χ0) is 13.0. The summed E-state index contributed by atoms with van der Waals surface area (Å²) in [5.74, 6) is 0. The van der Waals surface area contributed by atoms with Gasteiger partial charge in [-0.05, 0) is 68.1 Å². The molecule has 0 aromatic rings. The molecule has 0 spiro atoms. The molecule has 0 nitrogen and oxygen atoms in total. The minimum Gasteiger partial charge on any atom is -0.0811 e. The Bertz CT molecular complexity index is 330. The molecular weight excluding hydrogens is 232 g/mol. The monoisotopic (exact) mass is 262 g/mol. The summed E-state index contributed by atoms with van der Waals surface area (Å²) in [5, 5.41) is 0. The third-order valence-corrected chi connectivity index (χ3v) is 7.87. The molecule has 102 valence electrons. The number of allylic oxidation sites excluding steroid dienone is 4. The molecule has 2 aliphatic rings. The molecule has 0 saturated carbocycles. The van der Waals surface area contributed by atoms with Gasteiger partial charge in [0.05, 0.1) is 0 Å². The standard InChI is InChI=1S/C17H30Si/c1-18(2,3)17-12-8-11-16(13-14-17)15-9-6-4-5-7-10-15/h9,11,17H,4-8,10,12-14H2,1-3H3. The first kappa shape index (κ1) is 14.1. The van der Waals surface area contributed by atoms with Gasteiger partial charge in [0.15, 0.2) is 0 Å². The largest absolute Gasteiger partial charge is 0.0811 e. The third-order valence-electron chi connectivity index (χ3n) is 4.85. The van der Waals surface area contributed by atoms with Gasteiger partial charge in [-0.1, -0.05) is 38.2 Å². The molecule has 0 aliphatic heterocycles. The van der Waals surface area contributed by atoms with Crippen LogP contribution in [-0.2, 0) is 0 Å². The second kappa shape index (κ2) is 6.23. The van der Waals surface area contributed by atoms with Crippen LogP contribution >= 0.6 is 0 Å². The van der Waals surface area contributed by atoms with Crippen molar-refractivity contribution in [3.8, 4) is 0 Å². The van der Waals surface area contributed by atoms with Crippen LogP contribution in [0, 0.1) is 0 Å². The van der Waals surface area contributed by atoms with E-state index in [9.17, 15) is 0 Å². The minimum atomic E-state index is -0.930. The summed E-state index contributed by atoms with van der Waals surface area (Å²) < 4.78 is 0. The lowest BCUT2D eigenvalue weighted by atomic mass is 9.97. The molecule has 0 amide bonds. The summed E-state index contributed by atoms with van der Waals surface area (Å²) in [7, 11) is -0.930. The number of hydrogen-bond acceptors (Lipinski definition) is 0. The summed E-state index contributed by atoms with van der Waals surface area (Å²) in [6.45, 7) is 7.65. The molecule has 2 aliphatic carbocycles. The van der Waals surface area contributed by atoms with Gasteiger partial charge >= 0.3 is 0 Å². The van der Waals surface area contributed by atoms with E-state index in [-0.39, 0.29) is 0 Å². The zero-order valence-electron chi connectivity index (χ0n) is 12.6. The zero-order valence-corrected chi connectivity index (χ0v) is 13.6. The van der Waals surface area contributed by atoms with Crippen molar-refractivity contribution in [2.24, 2.45) is 0 Å². The molecule has 1 heteroatoms. The van der Waals surface area contributed by atoms with E-state index in [1.165, 1.54) is 57.8 Å². The van der Waals surface area contributed by atoms with Crippen LogP contribution in [0.15, 0.2) is 23.3 Å². The van der Waals surface area contributed by atoms with Crippen LogP contribution in [0.1, 0.15) is 57.8 Å². The Morgan fingerprint density at radius 3 is 2.33 bits per heavy atom. The van der Waals surface area contributed by atoms with E-state index in [0.717, 1.165) is 5.54 Å². The molecule has 0 fully saturated rings. The van der Waals surface area contributed by atoms with Gasteiger partial charge in [-0.25, -0.2) is 0 Å². The molecule has 0 radical (unpaired) electrons. The maximum atomic E-state index is 2.58. The van der Waals surface area contributed by atoms with Crippen LogP contribution in [0.2, 0.25) is 25.2 Å². The molecule has 0 aromatic heterocycles. The molecular formula is C17H30Si. The lowest BCUT2D eigenvalue weighted by Gasteiger charge is -2.27. The summed E-state index contributed by atoms with van der Waals surface area (Å²) in [6.07, 6.45) is 17.7. The van der Waals surface area contributed by atoms with Gasteiger partial charge in [0.2, 0.25) is 0 Å². The Labute approximate surface area is 115 Å². The van der Waals surface area contributed by atoms with E-state index in [0.29, 0.717) is 0 Å².